The first-order valence-corrected chi connectivity index (χ1v) is 7.66. The molecule has 2 N–H and O–H groups in total. The molecule has 2 heterocycles. The number of nitrogens with zero attached hydrogens (tertiary/aromatic N) is 2. The minimum absolute atomic E-state index is 0.477. The van der Waals surface area contributed by atoms with Gasteiger partial charge in [-0.05, 0) is 37.8 Å². The molecule has 2 aliphatic rings. The molecule has 0 spiro atoms. The number of piperidine rings is 1. The summed E-state index contributed by atoms with van der Waals surface area (Å²) in [6, 6.07) is 11.2. The first kappa shape index (κ1) is 13.3. The van der Waals surface area contributed by atoms with Crippen molar-refractivity contribution in [2.45, 2.75) is 25.8 Å². The Balaban J connectivity index is 1.51. The summed E-state index contributed by atoms with van der Waals surface area (Å²) in [6.45, 7) is 6.39. The molecule has 0 saturated carbocycles. The van der Waals surface area contributed by atoms with Gasteiger partial charge in [-0.15, -0.1) is 0 Å². The summed E-state index contributed by atoms with van der Waals surface area (Å²) in [5, 5.41) is 6.83. The lowest BCUT2D eigenvalue weighted by Crippen LogP contribution is -2.44. The lowest BCUT2D eigenvalue weighted by Gasteiger charge is -2.34. The number of guanidine groups is 1. The van der Waals surface area contributed by atoms with Crippen LogP contribution >= 0.6 is 0 Å². The minimum atomic E-state index is 0.477. The third-order valence-electron chi connectivity index (χ3n) is 4.10. The van der Waals surface area contributed by atoms with Crippen molar-refractivity contribution in [3.8, 4) is 0 Å². The minimum Gasteiger partial charge on any atom is -0.371 e. The van der Waals surface area contributed by atoms with E-state index >= 15 is 0 Å². The Morgan fingerprint density at radius 2 is 2.20 bits per heavy atom. The van der Waals surface area contributed by atoms with Gasteiger partial charge >= 0.3 is 0 Å². The third-order valence-corrected chi connectivity index (χ3v) is 4.10. The lowest BCUT2D eigenvalue weighted by molar-refractivity contribution is 0.410. The van der Waals surface area contributed by atoms with E-state index in [-0.39, 0.29) is 0 Å². The van der Waals surface area contributed by atoms with Gasteiger partial charge in [0, 0.05) is 31.4 Å². The molecule has 0 aromatic heterocycles. The van der Waals surface area contributed by atoms with Crippen LogP contribution in [0, 0.1) is 5.92 Å². The number of rotatable bonds is 3. The predicted octanol–water partition coefficient (Wildman–Crippen LogP) is 1.84. The molecule has 1 aromatic carbocycles. The van der Waals surface area contributed by atoms with Gasteiger partial charge in [-0.1, -0.05) is 18.2 Å². The van der Waals surface area contributed by atoms with Gasteiger partial charge in [0.05, 0.1) is 6.54 Å². The van der Waals surface area contributed by atoms with Crippen molar-refractivity contribution < 1.29 is 0 Å². The fraction of sp³-hybridized carbons (Fsp3) is 0.562. The lowest BCUT2D eigenvalue weighted by atomic mass is 9.97. The molecule has 4 heteroatoms. The van der Waals surface area contributed by atoms with Crippen molar-refractivity contribution in [1.29, 1.82) is 0 Å². The average Bonchev–Trinajstić information content (AvgIpc) is 2.92. The summed E-state index contributed by atoms with van der Waals surface area (Å²) >= 11 is 0. The standard InChI is InChI=1S/C16H24N4/c1-13-10-17-16(19-13)18-11-14-6-5-9-20(12-14)15-7-3-2-4-8-15/h2-4,7-8,13-14H,5-6,9-12H2,1H3,(H2,17,18,19). The number of hydrogen-bond acceptors (Lipinski definition) is 4. The Bertz CT molecular complexity index is 457. The van der Waals surface area contributed by atoms with Crippen LogP contribution in [0.1, 0.15) is 19.8 Å². The molecule has 2 aliphatic heterocycles. The second-order valence-electron chi connectivity index (χ2n) is 5.91. The van der Waals surface area contributed by atoms with Crippen LogP contribution in [-0.4, -0.2) is 38.2 Å². The molecule has 0 amide bonds. The highest BCUT2D eigenvalue weighted by Gasteiger charge is 2.21. The molecule has 1 fully saturated rings. The number of benzene rings is 1. The van der Waals surface area contributed by atoms with Crippen LogP contribution in [0.25, 0.3) is 0 Å². The Morgan fingerprint density at radius 1 is 1.35 bits per heavy atom. The zero-order valence-electron chi connectivity index (χ0n) is 12.2. The van der Waals surface area contributed by atoms with E-state index < -0.39 is 0 Å². The van der Waals surface area contributed by atoms with Crippen molar-refractivity contribution in [1.82, 2.24) is 10.6 Å². The zero-order chi connectivity index (χ0) is 13.8. The van der Waals surface area contributed by atoms with E-state index in [2.05, 4.69) is 57.8 Å². The smallest absolute Gasteiger partial charge is 0.191 e. The molecule has 108 valence electrons. The van der Waals surface area contributed by atoms with Crippen LogP contribution in [0.2, 0.25) is 0 Å². The van der Waals surface area contributed by atoms with Crippen LogP contribution in [0.4, 0.5) is 5.69 Å². The summed E-state index contributed by atoms with van der Waals surface area (Å²) in [6.07, 6.45) is 2.58. The number of anilines is 1. The largest absolute Gasteiger partial charge is 0.371 e. The van der Waals surface area contributed by atoms with E-state index in [0.29, 0.717) is 12.0 Å². The summed E-state index contributed by atoms with van der Waals surface area (Å²) in [4.78, 5) is 6.96. The fourth-order valence-electron chi connectivity index (χ4n) is 3.01. The Hall–Kier alpha value is -1.71. The molecule has 1 aromatic rings. The monoisotopic (exact) mass is 272 g/mol. The van der Waals surface area contributed by atoms with Crippen LogP contribution < -0.4 is 15.5 Å². The molecular formula is C16H24N4. The molecular weight excluding hydrogens is 248 g/mol. The molecule has 1 saturated heterocycles. The molecule has 0 radical (unpaired) electrons. The number of hydrogen-bond donors (Lipinski definition) is 2. The van der Waals surface area contributed by atoms with E-state index in [4.69, 9.17) is 0 Å². The Morgan fingerprint density at radius 3 is 2.95 bits per heavy atom. The molecule has 2 unspecified atom stereocenters. The van der Waals surface area contributed by atoms with Crippen molar-refractivity contribution in [2.75, 3.05) is 31.1 Å². The fourth-order valence-corrected chi connectivity index (χ4v) is 3.01. The molecule has 20 heavy (non-hydrogen) atoms. The first-order chi connectivity index (χ1) is 9.81. The molecule has 3 rings (SSSR count). The molecule has 0 aliphatic carbocycles. The van der Waals surface area contributed by atoms with Gasteiger partial charge in [-0.3, -0.25) is 4.99 Å². The third kappa shape index (κ3) is 3.24. The topological polar surface area (TPSA) is 39.7 Å². The molecule has 4 nitrogen and oxygen atoms in total. The van der Waals surface area contributed by atoms with Gasteiger partial charge in [-0.25, -0.2) is 0 Å². The van der Waals surface area contributed by atoms with Crippen LogP contribution in [-0.2, 0) is 0 Å². The summed E-state index contributed by atoms with van der Waals surface area (Å²) in [7, 11) is 0. The Kier molecular flexibility index (Phi) is 4.09. The molecule has 0 bridgehead atoms. The zero-order valence-corrected chi connectivity index (χ0v) is 12.2. The van der Waals surface area contributed by atoms with Crippen molar-refractivity contribution in [3.63, 3.8) is 0 Å². The highest BCUT2D eigenvalue weighted by molar-refractivity contribution is 5.81. The summed E-state index contributed by atoms with van der Waals surface area (Å²) < 4.78 is 0. The van der Waals surface area contributed by atoms with Gasteiger partial charge in [0.1, 0.15) is 0 Å². The SMILES string of the molecule is CC1CN=C(NCC2CCCN(c3ccccc3)C2)N1. The van der Waals surface area contributed by atoms with E-state index in [9.17, 15) is 0 Å². The van der Waals surface area contributed by atoms with Gasteiger partial charge < -0.3 is 15.5 Å². The second kappa shape index (κ2) is 6.16. The quantitative estimate of drug-likeness (QED) is 0.882. The maximum absolute atomic E-state index is 4.46. The van der Waals surface area contributed by atoms with E-state index in [1.807, 2.05) is 0 Å². The maximum atomic E-state index is 4.46. The molecule has 2 atom stereocenters. The van der Waals surface area contributed by atoms with Crippen LogP contribution in [0.5, 0.6) is 0 Å². The highest BCUT2D eigenvalue weighted by atomic mass is 15.2. The summed E-state index contributed by atoms with van der Waals surface area (Å²) in [5.41, 5.74) is 1.35. The van der Waals surface area contributed by atoms with E-state index in [1.165, 1.54) is 25.1 Å². The average molecular weight is 272 g/mol. The van der Waals surface area contributed by atoms with Gasteiger partial charge in [0.2, 0.25) is 0 Å². The van der Waals surface area contributed by atoms with Crippen molar-refractivity contribution >= 4 is 11.6 Å². The second-order valence-corrected chi connectivity index (χ2v) is 5.91. The van der Waals surface area contributed by atoms with Crippen molar-refractivity contribution in [2.24, 2.45) is 10.9 Å². The normalized spacial score (nSPS) is 26.1. The van der Waals surface area contributed by atoms with Crippen LogP contribution in [0.15, 0.2) is 35.3 Å². The highest BCUT2D eigenvalue weighted by Crippen LogP contribution is 2.22. The Labute approximate surface area is 121 Å². The van der Waals surface area contributed by atoms with Gasteiger partial charge in [0.25, 0.3) is 0 Å². The first-order valence-electron chi connectivity index (χ1n) is 7.66. The summed E-state index contributed by atoms with van der Waals surface area (Å²) in [5.74, 6) is 1.68. The number of para-hydroxylation sites is 1. The number of aliphatic imine (C=N–C) groups is 1. The van der Waals surface area contributed by atoms with Gasteiger partial charge in [-0.2, -0.15) is 0 Å². The number of nitrogens with one attached hydrogen (secondary N) is 2. The van der Waals surface area contributed by atoms with Crippen LogP contribution in [0.3, 0.4) is 0 Å². The van der Waals surface area contributed by atoms with E-state index in [0.717, 1.165) is 25.6 Å². The van der Waals surface area contributed by atoms with Gasteiger partial charge in [0.15, 0.2) is 5.96 Å². The predicted molar refractivity (Wildman–Crippen MR) is 84.3 cm³/mol. The maximum Gasteiger partial charge on any atom is 0.191 e. The van der Waals surface area contributed by atoms with E-state index in [1.54, 1.807) is 0 Å². The van der Waals surface area contributed by atoms with Crippen molar-refractivity contribution in [3.05, 3.63) is 30.3 Å².